The minimum Gasteiger partial charge on any atom is -0.469 e. The van der Waals surface area contributed by atoms with Crippen molar-refractivity contribution in [1.29, 1.82) is 0 Å². The lowest BCUT2D eigenvalue weighted by molar-refractivity contribution is -0.192. The number of allylic oxidation sites excluding steroid dienone is 10. The van der Waals surface area contributed by atoms with Crippen LogP contribution in [0.3, 0.4) is 0 Å². The number of carbonyl (C=O) groups is 9. The number of esters is 3. The second kappa shape index (κ2) is 26.2. The number of methoxy groups -OCH3 is 3. The summed E-state index contributed by atoms with van der Waals surface area (Å²) in [6.07, 6.45) is 32.7. The van der Waals surface area contributed by atoms with Crippen LogP contribution in [0.25, 0.3) is 0 Å². The van der Waals surface area contributed by atoms with E-state index in [-0.39, 0.29) is 177 Å². The number of hydrogen-bond acceptors (Lipinski definition) is 12. The van der Waals surface area contributed by atoms with Crippen molar-refractivity contribution in [2.24, 2.45) is 152 Å². The summed E-state index contributed by atoms with van der Waals surface area (Å²) in [5.74, 6) is 1.55. The Bertz CT molecular complexity index is 3850. The highest BCUT2D eigenvalue weighted by atomic mass is 127. The Kier molecular flexibility index (Phi) is 19.7. The first-order chi connectivity index (χ1) is 49.7. The van der Waals surface area contributed by atoms with Gasteiger partial charge in [-0.05, 0) is 278 Å². The Morgan fingerprint density at radius 1 is 0.410 bits per heavy atom. The van der Waals surface area contributed by atoms with Crippen LogP contribution in [0.2, 0.25) is 0 Å². The third-order valence-electron chi connectivity index (χ3n) is 36.2. The summed E-state index contributed by atoms with van der Waals surface area (Å²) in [5.41, 5.74) is 0.878. The van der Waals surface area contributed by atoms with E-state index >= 15 is 0 Å². The lowest BCUT2D eigenvalue weighted by Gasteiger charge is -2.68. The van der Waals surface area contributed by atoms with E-state index in [0.717, 1.165) is 145 Å². The summed E-state index contributed by atoms with van der Waals surface area (Å²) in [6.45, 7) is 41.1. The van der Waals surface area contributed by atoms with Crippen molar-refractivity contribution < 1.29 is 60.1 Å². The van der Waals surface area contributed by atoms with Crippen molar-refractivity contribution in [1.82, 2.24) is 0 Å². The molecular weight excluding hydrogens is 1420 g/mol. The standard InChI is InChI=1S/C30H41IO4.C30H44O4.C30H42O4.2CH4/c1-17-18-8-9-28(5)22(27(18,4)16-20(31)24(17)33)14-21(32)23-19-15-26(2,3)10-12-30(19,25(34)35-7)13-11-29(23,28)6;2*1-18-19-8-11-28(5)23(27(19,4)10-9-21(18)31)16-22(32)24-20-17-26(2,3)12-14-30(20,25(33)34-7)15-13-29(24,28)6;;/h14,16-19,23H,8-13,15H2,1-7H3;16,18-20,24H,8-15,17H2,1-7H3;9-10,16,18-20,24H,8,11-15,17H2,1-7H3;2*1H4/t17-,18-,19-,23-,27-,28+,29+,30-;2*18-,19-,20-,24-,27-,28+,29+,30-;;/m000../s1/i;;;2*1T. The van der Waals surface area contributed by atoms with Crippen LogP contribution in [0.5, 0.6) is 0 Å². The SMILES string of the molecule is COC(=O)[C@]12CCC(C)(C)C[C@H]1[C@H]1C(=O)C=C3[C@@]4(C)C=C(I)C(=O)[C@@H](C)[C@@H]4CC[C@@]3(C)[C@]1(C)CC2.COC(=O)[C@]12CCC(C)(C)C[C@H]1[C@H]1C(=O)C=C3[C@@]4(C)C=CC(=O)[C@@H](C)[C@@H]4CC[C@@]3(C)[C@]1(C)CC2.COC(=O)[C@]12CCC(C)(C)C[C@H]1[C@H]1C(=O)C=C3[C@@]4(C)CCC(=O)[C@@H](C)[C@@H]4CC[C@@]3(C)[C@]1(C)CC2.[3H]C.[3H]C. The van der Waals surface area contributed by atoms with Gasteiger partial charge in [0.1, 0.15) is 5.78 Å². The summed E-state index contributed by atoms with van der Waals surface area (Å²) in [7, 11) is 7.02. The van der Waals surface area contributed by atoms with Gasteiger partial charge in [-0.2, -0.15) is 0 Å². The lowest BCUT2D eigenvalue weighted by atomic mass is 9.34. The van der Waals surface area contributed by atoms with Crippen LogP contribution in [0.4, 0.5) is 0 Å². The molecule has 15 rings (SSSR count). The predicted molar refractivity (Wildman–Crippen MR) is 422 cm³/mol. The Hall–Kier alpha value is -4.14. The third-order valence-corrected chi connectivity index (χ3v) is 37.0. The van der Waals surface area contributed by atoms with Gasteiger partial charge in [0.15, 0.2) is 28.9 Å². The monoisotopic (exact) mass is 1560 g/mol. The molecule has 10 saturated carbocycles. The molecule has 12 nitrogen and oxygen atoms in total. The number of rotatable bonds is 3. The molecule has 10 fully saturated rings. The molecule has 0 spiro atoms. The highest BCUT2D eigenvalue weighted by molar-refractivity contribution is 14.1. The molecule has 0 aliphatic heterocycles. The molecule has 24 atom stereocenters. The molecule has 0 saturated heterocycles. The summed E-state index contributed by atoms with van der Waals surface area (Å²) in [6, 6.07) is 0. The second-order valence-corrected chi connectivity index (χ2v) is 42.9. The lowest BCUT2D eigenvalue weighted by Crippen LogP contribution is -2.65. The van der Waals surface area contributed by atoms with Gasteiger partial charge in [-0.1, -0.05) is 168 Å². The number of ether oxygens (including phenoxy) is 3. The van der Waals surface area contributed by atoms with E-state index < -0.39 is 16.2 Å². The number of halogens is 1. The van der Waals surface area contributed by atoms with Gasteiger partial charge in [0.2, 0.25) is 0 Å². The molecule has 582 valence electrons. The molecule has 0 N–H and O–H groups in total. The van der Waals surface area contributed by atoms with Gasteiger partial charge in [-0.15, -0.1) is 0 Å². The van der Waals surface area contributed by atoms with Crippen LogP contribution in [0.15, 0.2) is 56.8 Å². The minimum atomic E-state index is -0.548. The van der Waals surface area contributed by atoms with Crippen molar-refractivity contribution >= 4 is 75.2 Å². The van der Waals surface area contributed by atoms with Crippen molar-refractivity contribution in [3.05, 3.63) is 56.8 Å². The van der Waals surface area contributed by atoms with Gasteiger partial charge < -0.3 is 14.2 Å². The Labute approximate surface area is 648 Å². The largest absolute Gasteiger partial charge is 0.469 e. The first-order valence-electron chi connectivity index (χ1n) is 42.4. The van der Waals surface area contributed by atoms with Gasteiger partial charge in [0.05, 0.1) is 41.2 Å². The zero-order valence-corrected chi connectivity index (χ0v) is 71.1. The Morgan fingerprint density at radius 3 is 1.12 bits per heavy atom. The molecule has 0 bridgehead atoms. The molecule has 0 heterocycles. The highest BCUT2D eigenvalue weighted by Gasteiger charge is 2.75. The van der Waals surface area contributed by atoms with Crippen LogP contribution in [-0.4, -0.2) is 73.9 Å². The van der Waals surface area contributed by atoms with Crippen LogP contribution in [-0.2, 0) is 57.4 Å². The van der Waals surface area contributed by atoms with E-state index in [0.29, 0.717) is 18.1 Å². The maximum atomic E-state index is 14.3. The van der Waals surface area contributed by atoms with Crippen molar-refractivity contribution in [3.8, 4) is 0 Å². The first-order valence-corrected chi connectivity index (χ1v) is 41.5. The Balaban J connectivity index is 0.000000156. The molecule has 0 aromatic carbocycles. The zero-order chi connectivity index (χ0) is 79.6. The van der Waals surface area contributed by atoms with E-state index in [1.807, 2.05) is 18.2 Å². The summed E-state index contributed by atoms with van der Waals surface area (Å²) >= 11 is 2.20. The first kappa shape index (κ1) is 79.0. The fourth-order valence-corrected chi connectivity index (χ4v) is 30.4. The van der Waals surface area contributed by atoms with Crippen LogP contribution in [0.1, 0.15) is 290 Å². The van der Waals surface area contributed by atoms with Gasteiger partial charge in [0, 0.05) is 55.5 Å². The average molecular weight is 1560 g/mol. The molecule has 105 heavy (non-hydrogen) atoms. The van der Waals surface area contributed by atoms with Gasteiger partial charge in [-0.25, -0.2) is 0 Å². The normalized spacial score (nSPS) is 48.3. The number of ketones is 6. The molecule has 0 amide bonds. The zero-order valence-electron chi connectivity index (χ0n) is 70.9. The quantitative estimate of drug-likeness (QED) is 0.148. The van der Waals surface area contributed by atoms with Crippen LogP contribution in [0, 0.1) is 152 Å². The predicted octanol–water partition coefficient (Wildman–Crippen LogP) is 20.5. The van der Waals surface area contributed by atoms with Crippen LogP contribution < -0.4 is 0 Å². The topological polar surface area (TPSA) is 181 Å². The van der Waals surface area contributed by atoms with E-state index in [1.54, 1.807) is 6.08 Å². The van der Waals surface area contributed by atoms with E-state index in [1.165, 1.54) is 52.9 Å². The van der Waals surface area contributed by atoms with Gasteiger partial charge in [-0.3, -0.25) is 43.2 Å². The smallest absolute Gasteiger partial charge is 0.312 e. The summed E-state index contributed by atoms with van der Waals surface area (Å²) in [5, 5.41) is 0. The number of fused-ring (bicyclic) bond motifs is 21. The number of Topliss-reactive ketones (excluding diaryl/α,β-unsaturated/α-hetero) is 2. The van der Waals surface area contributed by atoms with E-state index in [9.17, 15) is 43.2 Å². The Morgan fingerprint density at radius 2 is 0.743 bits per heavy atom. The van der Waals surface area contributed by atoms with E-state index in [4.69, 9.17) is 17.0 Å². The molecular formula is C92H135IO12. The summed E-state index contributed by atoms with van der Waals surface area (Å²) < 4.78 is 28.5. The third kappa shape index (κ3) is 11.2. The van der Waals surface area contributed by atoms with Crippen molar-refractivity contribution in [3.63, 3.8) is 0 Å². The van der Waals surface area contributed by atoms with Gasteiger partial charge >= 0.3 is 17.9 Å². The molecule has 0 unspecified atom stereocenters. The molecule has 0 radical (unpaired) electrons. The van der Waals surface area contributed by atoms with Gasteiger partial charge in [0.25, 0.3) is 0 Å². The number of hydrogen-bond donors (Lipinski definition) is 0. The molecule has 15 aliphatic rings. The molecule has 0 aromatic heterocycles. The van der Waals surface area contributed by atoms with E-state index in [2.05, 4.69) is 159 Å². The maximum absolute atomic E-state index is 14.3. The maximum Gasteiger partial charge on any atom is 0.312 e. The highest BCUT2D eigenvalue weighted by Crippen LogP contribution is 2.78. The van der Waals surface area contributed by atoms with Crippen LogP contribution >= 0.6 is 22.6 Å². The molecule has 0 aromatic rings. The minimum absolute atomic E-state index is 0.00707. The molecule has 13 heteroatoms. The molecule has 15 aliphatic carbocycles. The average Bonchev–Trinajstić information content (AvgIpc) is 0.684. The second-order valence-electron chi connectivity index (χ2n) is 41.8. The fourth-order valence-electron chi connectivity index (χ4n) is 29.2. The van der Waals surface area contributed by atoms with Crippen molar-refractivity contribution in [2.75, 3.05) is 21.3 Å². The number of carbonyl (C=O) groups excluding carboxylic acids is 9. The van der Waals surface area contributed by atoms with Crippen molar-refractivity contribution in [2.45, 2.75) is 287 Å². The fraction of sp³-hybridized carbons (Fsp3) is 0.793. The summed E-state index contributed by atoms with van der Waals surface area (Å²) in [4.78, 5) is 121.